The van der Waals surface area contributed by atoms with Crippen LogP contribution in [0.15, 0.2) is 10.5 Å². The molecule has 0 bridgehead atoms. The number of aryl methyl sites for hydroxylation is 1. The number of rotatable bonds is 3. The number of fused-ring (bicyclic) bond motifs is 1. The van der Waals surface area contributed by atoms with Gasteiger partial charge in [-0.1, -0.05) is 6.42 Å². The van der Waals surface area contributed by atoms with Crippen LogP contribution >= 0.6 is 15.9 Å². The summed E-state index contributed by atoms with van der Waals surface area (Å²) in [6.45, 7) is 0. The molecule has 19 heavy (non-hydrogen) atoms. The molecule has 1 atom stereocenters. The fraction of sp³-hybridized carbons (Fsp3) is 0.500. The van der Waals surface area contributed by atoms with Crippen molar-refractivity contribution in [2.45, 2.75) is 38.2 Å². The van der Waals surface area contributed by atoms with Crippen LogP contribution in [0.5, 0.6) is 5.75 Å². The number of carboxylic acid groups (broad SMARTS) is 1. The number of benzene rings is 1. The molecule has 1 aromatic rings. The van der Waals surface area contributed by atoms with Crippen molar-refractivity contribution in [3.8, 4) is 5.75 Å². The lowest BCUT2D eigenvalue weighted by molar-refractivity contribution is -0.147. The predicted molar refractivity (Wildman–Crippen MR) is 74.5 cm³/mol. The van der Waals surface area contributed by atoms with Crippen molar-refractivity contribution in [1.29, 1.82) is 0 Å². The highest BCUT2D eigenvalue weighted by molar-refractivity contribution is 9.10. The lowest BCUT2D eigenvalue weighted by Crippen LogP contribution is -2.13. The van der Waals surface area contributed by atoms with Crippen molar-refractivity contribution in [3.63, 3.8) is 0 Å². The molecule has 1 aliphatic carbocycles. The van der Waals surface area contributed by atoms with Gasteiger partial charge in [-0.05, 0) is 58.8 Å². The third-order valence-electron chi connectivity index (χ3n) is 3.55. The Morgan fingerprint density at radius 1 is 1.37 bits per heavy atom. The first kappa shape index (κ1) is 14.3. The number of aliphatic hydroxyl groups is 1. The van der Waals surface area contributed by atoms with Crippen molar-refractivity contribution in [2.24, 2.45) is 0 Å². The molecule has 0 aliphatic heterocycles. The Morgan fingerprint density at radius 3 is 2.68 bits per heavy atom. The molecule has 0 radical (unpaired) electrons. The molecular weight excluding hydrogens is 312 g/mol. The Hall–Kier alpha value is -1.07. The van der Waals surface area contributed by atoms with Crippen LogP contribution in [0, 0.1) is 0 Å². The average Bonchev–Trinajstić information content (AvgIpc) is 2.63. The van der Waals surface area contributed by atoms with E-state index in [1.807, 2.05) is 0 Å². The van der Waals surface area contributed by atoms with Gasteiger partial charge in [-0.2, -0.15) is 0 Å². The molecule has 0 spiro atoms. The Balaban J connectivity index is 2.58. The molecule has 0 saturated carbocycles. The van der Waals surface area contributed by atoms with Gasteiger partial charge in [0.2, 0.25) is 0 Å². The third kappa shape index (κ3) is 2.77. The summed E-state index contributed by atoms with van der Waals surface area (Å²) in [4.78, 5) is 11.0. The Kier molecular flexibility index (Phi) is 4.47. The van der Waals surface area contributed by atoms with Gasteiger partial charge in [0.15, 0.2) is 6.10 Å². The van der Waals surface area contributed by atoms with E-state index in [1.165, 1.54) is 19.1 Å². The average molecular weight is 329 g/mol. The minimum atomic E-state index is -1.56. The number of carbonyl (C=O) groups is 1. The number of aliphatic hydroxyl groups excluding tert-OH is 1. The number of hydrogen-bond donors (Lipinski definition) is 2. The summed E-state index contributed by atoms with van der Waals surface area (Å²) >= 11 is 3.50. The van der Waals surface area contributed by atoms with Crippen LogP contribution in [-0.4, -0.2) is 23.3 Å². The van der Waals surface area contributed by atoms with Crippen LogP contribution in [-0.2, 0) is 17.6 Å². The lowest BCUT2D eigenvalue weighted by Gasteiger charge is -2.18. The zero-order chi connectivity index (χ0) is 14.0. The van der Waals surface area contributed by atoms with E-state index in [0.717, 1.165) is 35.7 Å². The summed E-state index contributed by atoms with van der Waals surface area (Å²) in [5.41, 5.74) is 2.61. The van der Waals surface area contributed by atoms with E-state index in [-0.39, 0.29) is 0 Å². The molecule has 0 heterocycles. The van der Waals surface area contributed by atoms with Crippen LogP contribution in [0.3, 0.4) is 0 Å². The summed E-state index contributed by atoms with van der Waals surface area (Å²) in [6, 6.07) is 1.78. The van der Waals surface area contributed by atoms with Crippen LogP contribution in [0.4, 0.5) is 0 Å². The largest absolute Gasteiger partial charge is 0.495 e. The Bertz CT molecular complexity index is 499. The molecule has 1 aromatic carbocycles. The second-order valence-corrected chi connectivity index (χ2v) is 5.55. The maximum atomic E-state index is 11.0. The molecule has 0 saturated heterocycles. The van der Waals surface area contributed by atoms with Crippen molar-refractivity contribution < 1.29 is 19.7 Å². The molecule has 0 aromatic heterocycles. The molecule has 4 nitrogen and oxygen atoms in total. The van der Waals surface area contributed by atoms with E-state index in [2.05, 4.69) is 15.9 Å². The van der Waals surface area contributed by atoms with Gasteiger partial charge in [0.05, 0.1) is 11.6 Å². The minimum Gasteiger partial charge on any atom is -0.495 e. The van der Waals surface area contributed by atoms with E-state index in [4.69, 9.17) is 9.84 Å². The van der Waals surface area contributed by atoms with E-state index in [0.29, 0.717) is 11.3 Å². The number of carboxylic acids is 1. The highest BCUT2D eigenvalue weighted by atomic mass is 79.9. The second kappa shape index (κ2) is 5.92. The van der Waals surface area contributed by atoms with Gasteiger partial charge in [-0.25, -0.2) is 4.79 Å². The highest BCUT2D eigenvalue weighted by Gasteiger charge is 2.26. The summed E-state index contributed by atoms with van der Waals surface area (Å²) < 4.78 is 6.07. The van der Waals surface area contributed by atoms with Crippen molar-refractivity contribution >= 4 is 21.9 Å². The minimum absolute atomic E-state index is 0.322. The number of aliphatic carboxylic acids is 1. The molecule has 0 amide bonds. The van der Waals surface area contributed by atoms with Crippen molar-refractivity contribution in [1.82, 2.24) is 0 Å². The van der Waals surface area contributed by atoms with Gasteiger partial charge in [0, 0.05) is 5.56 Å². The van der Waals surface area contributed by atoms with E-state index in [1.54, 1.807) is 6.07 Å². The molecule has 5 heteroatoms. The molecular formula is C14H17BrO4. The SMILES string of the molecule is COc1c(C(O)C(=O)O)cc2c(c1Br)CCCCC2. The van der Waals surface area contributed by atoms with Gasteiger partial charge in [0.25, 0.3) is 0 Å². The number of halogens is 1. The Labute approximate surface area is 120 Å². The maximum Gasteiger partial charge on any atom is 0.337 e. The monoisotopic (exact) mass is 328 g/mol. The number of methoxy groups -OCH3 is 1. The van der Waals surface area contributed by atoms with E-state index >= 15 is 0 Å². The lowest BCUT2D eigenvalue weighted by atomic mass is 9.96. The summed E-state index contributed by atoms with van der Waals surface area (Å²) in [5, 5.41) is 18.8. The fourth-order valence-electron chi connectivity index (χ4n) is 2.58. The number of hydrogen-bond acceptors (Lipinski definition) is 3. The molecule has 0 fully saturated rings. The molecule has 1 aliphatic rings. The third-order valence-corrected chi connectivity index (χ3v) is 4.39. The van der Waals surface area contributed by atoms with Gasteiger partial charge >= 0.3 is 5.97 Å². The quantitative estimate of drug-likeness (QED) is 0.837. The van der Waals surface area contributed by atoms with Crippen LogP contribution in [0.2, 0.25) is 0 Å². The maximum absolute atomic E-state index is 11.0. The first-order chi connectivity index (χ1) is 9.06. The summed E-state index contributed by atoms with van der Waals surface area (Å²) in [6.07, 6.45) is 3.69. The predicted octanol–water partition coefficient (Wildman–Crippen LogP) is 2.84. The Morgan fingerprint density at radius 2 is 2.05 bits per heavy atom. The van der Waals surface area contributed by atoms with Crippen LogP contribution in [0.1, 0.15) is 42.1 Å². The zero-order valence-electron chi connectivity index (χ0n) is 10.8. The topological polar surface area (TPSA) is 66.8 Å². The first-order valence-corrected chi connectivity index (χ1v) is 7.14. The number of ether oxygens (including phenoxy) is 1. The smallest absolute Gasteiger partial charge is 0.337 e. The van der Waals surface area contributed by atoms with Gasteiger partial charge < -0.3 is 14.9 Å². The van der Waals surface area contributed by atoms with Gasteiger partial charge in [-0.3, -0.25) is 0 Å². The summed E-state index contributed by atoms with van der Waals surface area (Å²) in [7, 11) is 1.49. The molecule has 104 valence electrons. The fourth-order valence-corrected chi connectivity index (χ4v) is 3.42. The highest BCUT2D eigenvalue weighted by Crippen LogP contribution is 2.40. The van der Waals surface area contributed by atoms with Crippen LogP contribution < -0.4 is 4.74 Å². The molecule has 2 rings (SSSR count). The first-order valence-electron chi connectivity index (χ1n) is 6.35. The van der Waals surface area contributed by atoms with Crippen LogP contribution in [0.25, 0.3) is 0 Å². The van der Waals surface area contributed by atoms with E-state index < -0.39 is 12.1 Å². The zero-order valence-corrected chi connectivity index (χ0v) is 12.4. The second-order valence-electron chi connectivity index (χ2n) is 4.75. The van der Waals surface area contributed by atoms with E-state index in [9.17, 15) is 9.90 Å². The molecule has 1 unspecified atom stereocenters. The standard InChI is InChI=1S/C14H17BrO4/c1-19-13-10(12(16)14(17)18)7-8-5-3-2-4-6-9(8)11(13)15/h7,12,16H,2-6H2,1H3,(H,17,18). The van der Waals surface area contributed by atoms with Crippen molar-refractivity contribution in [3.05, 3.63) is 27.2 Å². The molecule has 2 N–H and O–H groups in total. The summed E-state index contributed by atoms with van der Waals surface area (Å²) in [5.74, 6) is -0.839. The van der Waals surface area contributed by atoms with Crippen molar-refractivity contribution in [2.75, 3.05) is 7.11 Å². The van der Waals surface area contributed by atoms with Gasteiger partial charge in [0.1, 0.15) is 5.75 Å². The van der Waals surface area contributed by atoms with Gasteiger partial charge in [-0.15, -0.1) is 0 Å². The normalized spacial score (nSPS) is 16.4.